The van der Waals surface area contributed by atoms with Crippen molar-refractivity contribution in [1.82, 2.24) is 24.6 Å². The number of hydrogen-bond donors (Lipinski definition) is 1. The van der Waals surface area contributed by atoms with Gasteiger partial charge in [0.15, 0.2) is 11.1 Å². The maximum Gasteiger partial charge on any atom is 0.191 e. The summed E-state index contributed by atoms with van der Waals surface area (Å²) in [6.45, 7) is 5.33. The van der Waals surface area contributed by atoms with E-state index in [0.717, 1.165) is 62.3 Å². The number of aromatic nitrogens is 4. The van der Waals surface area contributed by atoms with Crippen LogP contribution in [-0.4, -0.2) is 63.3 Å². The fourth-order valence-electron chi connectivity index (χ4n) is 3.60. The topological polar surface area (TPSA) is 88.5 Å². The molecule has 0 spiro atoms. The lowest BCUT2D eigenvalue weighted by atomic mass is 10.2. The summed E-state index contributed by atoms with van der Waals surface area (Å²) in [6, 6.07) is 0. The number of nitrogens with zero attached hydrogens (tertiary/aromatic N) is 7. The van der Waals surface area contributed by atoms with Crippen LogP contribution in [0.5, 0.6) is 0 Å². The Morgan fingerprint density at radius 3 is 2.81 bits per heavy atom. The summed E-state index contributed by atoms with van der Waals surface area (Å²) in [5.74, 6) is 2.82. The number of aryl methyl sites for hydroxylation is 1. The highest BCUT2D eigenvalue weighted by atomic mass is 32.1. The summed E-state index contributed by atoms with van der Waals surface area (Å²) in [7, 11) is 0. The summed E-state index contributed by atoms with van der Waals surface area (Å²) in [4.78, 5) is 13.4. The van der Waals surface area contributed by atoms with E-state index in [2.05, 4.69) is 34.5 Å². The van der Waals surface area contributed by atoms with Crippen molar-refractivity contribution in [1.29, 1.82) is 0 Å². The van der Waals surface area contributed by atoms with Crippen LogP contribution in [0.3, 0.4) is 0 Å². The number of rotatable bonds is 4. The first-order chi connectivity index (χ1) is 12.8. The molecule has 0 aliphatic carbocycles. The van der Waals surface area contributed by atoms with E-state index in [4.69, 9.17) is 5.73 Å². The van der Waals surface area contributed by atoms with Gasteiger partial charge in [-0.05, 0) is 12.8 Å². The first-order valence-electron chi connectivity index (χ1n) is 9.41. The van der Waals surface area contributed by atoms with Crippen molar-refractivity contribution in [2.24, 2.45) is 10.7 Å². The number of hydrogen-bond acceptors (Lipinski definition) is 6. The molecule has 9 heteroatoms. The highest BCUT2D eigenvalue weighted by Crippen LogP contribution is 2.19. The maximum absolute atomic E-state index is 6.22. The predicted octanol–water partition coefficient (Wildman–Crippen LogP) is 1.14. The van der Waals surface area contributed by atoms with Crippen molar-refractivity contribution in [2.45, 2.75) is 38.6 Å². The maximum atomic E-state index is 6.22. The predicted molar refractivity (Wildman–Crippen MR) is 104 cm³/mol. The van der Waals surface area contributed by atoms with Crippen LogP contribution in [0.15, 0.2) is 16.6 Å². The van der Waals surface area contributed by atoms with Gasteiger partial charge in [-0.15, -0.1) is 21.5 Å². The minimum Gasteiger partial charge on any atom is -0.370 e. The minimum absolute atomic E-state index is 0.638. The molecule has 140 valence electrons. The molecule has 0 saturated carbocycles. The summed E-state index contributed by atoms with van der Waals surface area (Å²) in [5, 5.41) is 11.8. The van der Waals surface area contributed by atoms with Crippen LogP contribution in [0.25, 0.3) is 0 Å². The monoisotopic (exact) mass is 374 g/mol. The van der Waals surface area contributed by atoms with Crippen molar-refractivity contribution in [3.05, 3.63) is 23.2 Å². The van der Waals surface area contributed by atoms with Crippen LogP contribution < -0.4 is 10.6 Å². The molecule has 0 bridgehead atoms. The molecule has 2 aromatic rings. The summed E-state index contributed by atoms with van der Waals surface area (Å²) in [6.07, 6.45) is 7.41. The summed E-state index contributed by atoms with van der Waals surface area (Å²) < 4.78 is 2.28. The van der Waals surface area contributed by atoms with Crippen LogP contribution in [0.2, 0.25) is 0 Å². The van der Waals surface area contributed by atoms with E-state index < -0.39 is 0 Å². The Morgan fingerprint density at radius 2 is 2.00 bits per heavy atom. The molecule has 0 amide bonds. The molecule has 1 saturated heterocycles. The van der Waals surface area contributed by atoms with E-state index in [0.29, 0.717) is 12.5 Å². The molecule has 1 fully saturated rings. The molecule has 0 aromatic carbocycles. The van der Waals surface area contributed by atoms with Crippen molar-refractivity contribution < 1.29 is 0 Å². The number of anilines is 1. The Balaban J connectivity index is 1.29. The summed E-state index contributed by atoms with van der Waals surface area (Å²) >= 11 is 1.68. The first-order valence-corrected chi connectivity index (χ1v) is 10.3. The van der Waals surface area contributed by atoms with Crippen LogP contribution in [-0.2, 0) is 19.4 Å². The first kappa shape index (κ1) is 17.3. The summed E-state index contributed by atoms with van der Waals surface area (Å²) in [5.41, 5.74) is 6.22. The highest BCUT2D eigenvalue weighted by molar-refractivity contribution is 7.13. The van der Waals surface area contributed by atoms with Gasteiger partial charge in [0.2, 0.25) is 0 Å². The molecular weight excluding hydrogens is 348 g/mol. The van der Waals surface area contributed by atoms with E-state index >= 15 is 0 Å². The molecule has 0 atom stereocenters. The Morgan fingerprint density at radius 1 is 1.12 bits per heavy atom. The third-order valence-corrected chi connectivity index (χ3v) is 5.92. The molecule has 4 rings (SSSR count). The van der Waals surface area contributed by atoms with Gasteiger partial charge in [0.05, 0.1) is 0 Å². The van der Waals surface area contributed by atoms with Gasteiger partial charge in [-0.2, -0.15) is 0 Å². The lowest BCUT2D eigenvalue weighted by Gasteiger charge is -2.35. The van der Waals surface area contributed by atoms with E-state index in [-0.39, 0.29) is 0 Å². The van der Waals surface area contributed by atoms with Gasteiger partial charge in [0.25, 0.3) is 0 Å². The Bertz CT molecular complexity index is 730. The average Bonchev–Trinajstić information content (AvgIpc) is 3.27. The Labute approximate surface area is 157 Å². The van der Waals surface area contributed by atoms with Crippen molar-refractivity contribution in [2.75, 3.05) is 37.6 Å². The molecule has 0 radical (unpaired) electrons. The van der Waals surface area contributed by atoms with Gasteiger partial charge in [0.1, 0.15) is 11.6 Å². The number of aliphatic imine (C=N–C) groups is 1. The standard InChI is InChI=1S/C17H26N8S/c18-16(23-9-11-24(12-10-23)17-20-7-13-26-17)19-6-5-15-22-21-14-4-2-1-3-8-25(14)15/h7,13H,1-6,8-12H2,(H2,18,19). The van der Waals surface area contributed by atoms with Crippen LogP contribution >= 0.6 is 11.3 Å². The third-order valence-electron chi connectivity index (χ3n) is 5.09. The molecule has 2 aromatic heterocycles. The molecule has 26 heavy (non-hydrogen) atoms. The zero-order valence-electron chi connectivity index (χ0n) is 15.0. The van der Waals surface area contributed by atoms with E-state index in [1.807, 2.05) is 11.6 Å². The second-order valence-corrected chi connectivity index (χ2v) is 7.65. The molecule has 2 N–H and O–H groups in total. The SMILES string of the molecule is NC(=NCCc1nnc2n1CCCCC2)N1CCN(c2nccs2)CC1. The molecular formula is C17H26N8S. The molecule has 2 aliphatic heterocycles. The molecule has 4 heterocycles. The average molecular weight is 375 g/mol. The van der Waals surface area contributed by atoms with Gasteiger partial charge in [-0.1, -0.05) is 6.42 Å². The second kappa shape index (κ2) is 8.03. The fourth-order valence-corrected chi connectivity index (χ4v) is 4.30. The fraction of sp³-hybridized carbons (Fsp3) is 0.647. The van der Waals surface area contributed by atoms with Crippen molar-refractivity contribution >= 4 is 22.4 Å². The van der Waals surface area contributed by atoms with E-state index in [9.17, 15) is 0 Å². The normalized spacial score (nSPS) is 18.7. The molecule has 0 unspecified atom stereocenters. The smallest absolute Gasteiger partial charge is 0.191 e. The van der Waals surface area contributed by atoms with Crippen LogP contribution in [0, 0.1) is 0 Å². The minimum atomic E-state index is 0.638. The second-order valence-electron chi connectivity index (χ2n) is 6.77. The van der Waals surface area contributed by atoms with Gasteiger partial charge >= 0.3 is 0 Å². The quantitative estimate of drug-likeness (QED) is 0.638. The number of fused-ring (bicyclic) bond motifs is 1. The van der Waals surface area contributed by atoms with Gasteiger partial charge in [-0.3, -0.25) is 4.99 Å². The van der Waals surface area contributed by atoms with Gasteiger partial charge in [-0.25, -0.2) is 4.98 Å². The molecule has 8 nitrogen and oxygen atoms in total. The zero-order valence-corrected chi connectivity index (χ0v) is 15.9. The van der Waals surface area contributed by atoms with Gasteiger partial charge in [0, 0.05) is 63.7 Å². The molecule has 2 aliphatic rings. The Hall–Kier alpha value is -2.16. The lowest BCUT2D eigenvalue weighted by Crippen LogP contribution is -2.51. The van der Waals surface area contributed by atoms with Gasteiger partial charge < -0.3 is 20.1 Å². The highest BCUT2D eigenvalue weighted by Gasteiger charge is 2.20. The number of thiazole rings is 1. The number of guanidine groups is 1. The van der Waals surface area contributed by atoms with E-state index in [1.165, 1.54) is 19.3 Å². The third kappa shape index (κ3) is 3.82. The number of nitrogens with two attached hydrogens (primary N) is 1. The largest absolute Gasteiger partial charge is 0.370 e. The lowest BCUT2D eigenvalue weighted by molar-refractivity contribution is 0.380. The number of piperazine rings is 1. The van der Waals surface area contributed by atoms with Crippen LogP contribution in [0.1, 0.15) is 30.9 Å². The Kier molecular flexibility index (Phi) is 5.33. The van der Waals surface area contributed by atoms with Crippen molar-refractivity contribution in [3.8, 4) is 0 Å². The van der Waals surface area contributed by atoms with Crippen LogP contribution in [0.4, 0.5) is 5.13 Å². The zero-order chi connectivity index (χ0) is 17.8. The van der Waals surface area contributed by atoms with E-state index in [1.54, 1.807) is 11.3 Å². The van der Waals surface area contributed by atoms with Crippen molar-refractivity contribution in [3.63, 3.8) is 0 Å².